The highest BCUT2D eigenvalue weighted by Crippen LogP contribution is 2.38. The highest BCUT2D eigenvalue weighted by Gasteiger charge is 2.50. The van der Waals surface area contributed by atoms with E-state index < -0.39 is 29.5 Å². The van der Waals surface area contributed by atoms with Crippen LogP contribution in [0.3, 0.4) is 0 Å². The van der Waals surface area contributed by atoms with Gasteiger partial charge in [-0.3, -0.25) is 9.59 Å². The predicted molar refractivity (Wildman–Crippen MR) is 161 cm³/mol. The maximum absolute atomic E-state index is 14.8. The van der Waals surface area contributed by atoms with Crippen LogP contribution in [-0.2, 0) is 22.5 Å². The summed E-state index contributed by atoms with van der Waals surface area (Å²) in [7, 11) is 0. The smallest absolute Gasteiger partial charge is 0.407 e. The van der Waals surface area contributed by atoms with Gasteiger partial charge in [-0.1, -0.05) is 51.9 Å². The van der Waals surface area contributed by atoms with Crippen LogP contribution in [0.2, 0.25) is 0 Å². The number of imidazole rings is 1. The molecule has 1 unspecified atom stereocenters. The van der Waals surface area contributed by atoms with Gasteiger partial charge in [0.1, 0.15) is 0 Å². The second-order valence-corrected chi connectivity index (χ2v) is 13.2. The quantitative estimate of drug-likeness (QED) is 0.406. The van der Waals surface area contributed by atoms with Gasteiger partial charge >= 0.3 is 6.09 Å². The molecule has 2 saturated heterocycles. The van der Waals surface area contributed by atoms with Crippen LogP contribution in [0.15, 0.2) is 35.2 Å². The molecule has 2 aromatic heterocycles. The van der Waals surface area contributed by atoms with Gasteiger partial charge < -0.3 is 33.6 Å². The Morgan fingerprint density at radius 2 is 1.86 bits per heavy atom. The number of piperidine rings is 1. The lowest BCUT2D eigenvalue weighted by Crippen LogP contribution is -2.66. The summed E-state index contributed by atoms with van der Waals surface area (Å²) in [6, 6.07) is 6.46. The van der Waals surface area contributed by atoms with Crippen LogP contribution in [0.1, 0.15) is 57.5 Å². The first-order chi connectivity index (χ1) is 21.0. The van der Waals surface area contributed by atoms with Gasteiger partial charge in [0.15, 0.2) is 11.6 Å². The second-order valence-electron chi connectivity index (χ2n) is 13.2. The lowest BCUT2D eigenvalue weighted by molar-refractivity contribution is -0.144. The number of rotatable bonds is 8. The number of morpholine rings is 1. The summed E-state index contributed by atoms with van der Waals surface area (Å²) in [5, 5.41) is 14.4. The molecule has 13 heteroatoms. The Hall–Kier alpha value is -4.00. The van der Waals surface area contributed by atoms with Crippen molar-refractivity contribution in [3.05, 3.63) is 42.3 Å². The second kappa shape index (κ2) is 12.9. The van der Waals surface area contributed by atoms with Gasteiger partial charge in [0.25, 0.3) is 5.91 Å². The molecule has 1 N–H and O–H groups in total. The van der Waals surface area contributed by atoms with E-state index in [4.69, 9.17) is 14.2 Å². The first-order valence-electron chi connectivity index (χ1n) is 15.3. The fourth-order valence-corrected chi connectivity index (χ4v) is 6.68. The van der Waals surface area contributed by atoms with Gasteiger partial charge in [-0.25, -0.2) is 9.78 Å². The van der Waals surface area contributed by atoms with E-state index in [2.05, 4.69) is 10.1 Å². The fraction of sp³-hybridized carbons (Fsp3) is 0.613. The number of ether oxygens (including phenoxy) is 1. The summed E-state index contributed by atoms with van der Waals surface area (Å²) in [6.07, 6.45) is 0.955. The van der Waals surface area contributed by atoms with Gasteiger partial charge in [0.2, 0.25) is 12.3 Å². The molecule has 3 amide bonds. The number of carbonyl (C=O) groups is 3. The van der Waals surface area contributed by atoms with Gasteiger partial charge in [-0.05, 0) is 29.9 Å². The molecule has 238 valence electrons. The summed E-state index contributed by atoms with van der Waals surface area (Å²) in [5.41, 5.74) is 0.953. The Labute approximate surface area is 257 Å². The predicted octanol–water partition coefficient (Wildman–Crippen LogP) is 3.40. The first kappa shape index (κ1) is 31.4. The number of hydrogen-bond donors (Lipinski definition) is 1. The number of likely N-dealkylation sites (tertiary alicyclic amines) is 1. The van der Waals surface area contributed by atoms with Gasteiger partial charge in [0.05, 0.1) is 42.2 Å². The average Bonchev–Trinajstić information content (AvgIpc) is 3.65. The van der Waals surface area contributed by atoms with Gasteiger partial charge in [-0.15, -0.1) is 0 Å². The first-order valence-corrected chi connectivity index (χ1v) is 15.3. The molecule has 2 aliphatic heterocycles. The van der Waals surface area contributed by atoms with Crippen LogP contribution in [0.25, 0.3) is 11.0 Å². The van der Waals surface area contributed by atoms with Crippen molar-refractivity contribution in [2.45, 2.75) is 66.1 Å². The average molecular weight is 610 g/mol. The summed E-state index contributed by atoms with van der Waals surface area (Å²) < 4.78 is 12.2. The summed E-state index contributed by atoms with van der Waals surface area (Å²) in [4.78, 5) is 55.2. The Kier molecular flexibility index (Phi) is 9.23. The summed E-state index contributed by atoms with van der Waals surface area (Å²) >= 11 is 0. The lowest BCUT2D eigenvalue weighted by atomic mass is 9.74. The zero-order valence-corrected chi connectivity index (χ0v) is 26.2. The van der Waals surface area contributed by atoms with E-state index in [1.165, 1.54) is 11.3 Å². The van der Waals surface area contributed by atoms with Crippen molar-refractivity contribution in [1.82, 2.24) is 34.4 Å². The number of amides is 3. The highest BCUT2D eigenvalue weighted by molar-refractivity contribution is 5.95. The minimum atomic E-state index is -1.10. The number of benzene rings is 1. The van der Waals surface area contributed by atoms with E-state index in [0.717, 1.165) is 5.52 Å². The molecule has 2 aliphatic rings. The van der Waals surface area contributed by atoms with Crippen molar-refractivity contribution in [3.8, 4) is 0 Å². The Bertz CT molecular complexity index is 1460. The molecule has 0 radical (unpaired) electrons. The highest BCUT2D eigenvalue weighted by atomic mass is 16.5. The van der Waals surface area contributed by atoms with Crippen molar-refractivity contribution >= 4 is 28.9 Å². The van der Waals surface area contributed by atoms with Crippen LogP contribution in [0.4, 0.5) is 4.79 Å². The third-order valence-corrected chi connectivity index (χ3v) is 8.48. The van der Waals surface area contributed by atoms with Gasteiger partial charge in [0, 0.05) is 39.1 Å². The Morgan fingerprint density at radius 3 is 2.50 bits per heavy atom. The van der Waals surface area contributed by atoms with Crippen molar-refractivity contribution in [3.63, 3.8) is 0 Å². The number of hydrogen-bond acceptors (Lipinski definition) is 8. The summed E-state index contributed by atoms with van der Waals surface area (Å²) in [6.45, 7) is 12.7. The molecule has 0 bridgehead atoms. The van der Waals surface area contributed by atoms with Crippen LogP contribution >= 0.6 is 0 Å². The molecule has 3 aromatic rings. The van der Waals surface area contributed by atoms with Crippen LogP contribution in [0, 0.1) is 17.3 Å². The molecule has 44 heavy (non-hydrogen) atoms. The van der Waals surface area contributed by atoms with Crippen molar-refractivity contribution < 1.29 is 28.8 Å². The molecule has 2 fully saturated rings. The van der Waals surface area contributed by atoms with Crippen LogP contribution in [0.5, 0.6) is 0 Å². The van der Waals surface area contributed by atoms with E-state index in [-0.39, 0.29) is 30.1 Å². The zero-order valence-electron chi connectivity index (χ0n) is 26.2. The lowest BCUT2D eigenvalue weighted by Gasteiger charge is -2.52. The fourth-order valence-electron chi connectivity index (χ4n) is 6.68. The number of para-hydroxylation sites is 2. The van der Waals surface area contributed by atoms with Crippen molar-refractivity contribution in [2.75, 3.05) is 39.4 Å². The van der Waals surface area contributed by atoms with E-state index in [9.17, 15) is 19.5 Å². The number of aromatic nitrogens is 4. The third kappa shape index (κ3) is 6.57. The van der Waals surface area contributed by atoms with E-state index in [1.807, 2.05) is 63.5 Å². The van der Waals surface area contributed by atoms with Crippen molar-refractivity contribution in [2.24, 2.45) is 17.3 Å². The molecular weight excluding hydrogens is 566 g/mol. The summed E-state index contributed by atoms with van der Waals surface area (Å²) in [5.74, 6) is -0.140. The molecule has 5 rings (SSSR count). The Morgan fingerprint density at radius 1 is 1.14 bits per heavy atom. The number of nitrogens with zero attached hydrogens (tertiary/aromatic N) is 7. The van der Waals surface area contributed by atoms with E-state index >= 15 is 0 Å². The normalized spacial score (nSPS) is 21.2. The number of aryl methyl sites for hydroxylation is 2. The van der Waals surface area contributed by atoms with E-state index in [0.29, 0.717) is 63.6 Å². The SMILES string of the molecule is CC(C)CN(C(=O)c1nc2ccccc2n1CCc1ncon1)[C@H]1C[C@@H](C(=O)N2CCOCC2)CN(C(=O)O)C1C(C)(C)C. The van der Waals surface area contributed by atoms with Crippen molar-refractivity contribution in [1.29, 1.82) is 0 Å². The maximum Gasteiger partial charge on any atom is 0.407 e. The molecule has 0 spiro atoms. The maximum atomic E-state index is 14.8. The number of carboxylic acid groups (broad SMARTS) is 1. The molecule has 13 nitrogen and oxygen atoms in total. The van der Waals surface area contributed by atoms with Crippen LogP contribution in [-0.4, -0.2) is 109 Å². The largest absolute Gasteiger partial charge is 0.465 e. The molecular formula is C31H43N7O6. The molecule has 1 aromatic carbocycles. The molecule has 0 saturated carbocycles. The topological polar surface area (TPSA) is 147 Å². The monoisotopic (exact) mass is 609 g/mol. The van der Waals surface area contributed by atoms with E-state index in [1.54, 1.807) is 9.80 Å². The molecule has 3 atom stereocenters. The van der Waals surface area contributed by atoms with Gasteiger partial charge in [-0.2, -0.15) is 4.98 Å². The zero-order chi connectivity index (χ0) is 31.6. The standard InChI is InChI=1S/C31H43N7O6/c1-20(2)17-37(29(40)27-33-22-8-6-7-9-23(22)36(27)11-10-25-32-19-44-34-25)24-16-21(28(39)35-12-14-43-15-13-35)18-38(30(41)42)26(24)31(3,4)5/h6-9,19-21,24,26H,10-18H2,1-5H3,(H,41,42)/t21-,24+,26?/m1/s1. The van der Waals surface area contributed by atoms with Crippen LogP contribution < -0.4 is 0 Å². The number of fused-ring (bicyclic) bond motifs is 1. The molecule has 0 aliphatic carbocycles. The Balaban J connectivity index is 1.57. The third-order valence-electron chi connectivity index (χ3n) is 8.48. The minimum absolute atomic E-state index is 0.0744. The minimum Gasteiger partial charge on any atom is -0.465 e. The number of carbonyl (C=O) groups excluding carboxylic acids is 2. The molecule has 4 heterocycles.